The zero-order chi connectivity index (χ0) is 17.0. The van der Waals surface area contributed by atoms with Crippen molar-refractivity contribution in [1.29, 1.82) is 0 Å². The molecule has 23 heavy (non-hydrogen) atoms. The number of nitrogens with zero attached hydrogens (tertiary/aromatic N) is 2. The summed E-state index contributed by atoms with van der Waals surface area (Å²) in [5.41, 5.74) is 0.463. The Kier molecular flexibility index (Phi) is 5.38. The molecule has 1 aliphatic heterocycles. The van der Waals surface area contributed by atoms with Crippen LogP contribution in [0.4, 0.5) is 11.4 Å². The number of carbonyl (C=O) groups excluding carboxylic acids is 2. The second-order valence-electron chi connectivity index (χ2n) is 5.11. The number of rotatable bonds is 6. The number of likely N-dealkylation sites (tertiary alicyclic amines) is 1. The summed E-state index contributed by atoms with van der Waals surface area (Å²) in [4.78, 5) is 35.0. The van der Waals surface area contributed by atoms with Crippen LogP contribution in [0.25, 0.3) is 0 Å². The average Bonchev–Trinajstić information content (AvgIpc) is 2.89. The highest BCUT2D eigenvalue weighted by atomic mass is 35.5. The fourth-order valence-corrected chi connectivity index (χ4v) is 2.64. The summed E-state index contributed by atoms with van der Waals surface area (Å²) in [5, 5.41) is 13.9. The largest absolute Gasteiger partial charge is 0.469 e. The van der Waals surface area contributed by atoms with Gasteiger partial charge in [-0.3, -0.25) is 19.7 Å². The lowest BCUT2D eigenvalue weighted by Crippen LogP contribution is -2.31. The van der Waals surface area contributed by atoms with E-state index in [0.29, 0.717) is 25.3 Å². The summed E-state index contributed by atoms with van der Waals surface area (Å²) >= 11 is 5.97. The summed E-state index contributed by atoms with van der Waals surface area (Å²) < 4.78 is 4.64. The molecule has 1 aliphatic rings. The highest BCUT2D eigenvalue weighted by Crippen LogP contribution is 2.26. The molecule has 0 radical (unpaired) electrons. The molecule has 0 spiro atoms. The molecule has 0 aromatic heterocycles. The number of anilines is 1. The van der Waals surface area contributed by atoms with Crippen molar-refractivity contribution in [1.82, 2.24) is 4.90 Å². The van der Waals surface area contributed by atoms with Crippen molar-refractivity contribution in [3.63, 3.8) is 0 Å². The Morgan fingerprint density at radius 1 is 1.57 bits per heavy atom. The normalized spacial score (nSPS) is 17.2. The number of benzene rings is 1. The second kappa shape index (κ2) is 7.28. The zero-order valence-corrected chi connectivity index (χ0v) is 13.2. The lowest BCUT2D eigenvalue weighted by molar-refractivity contribution is -0.384. The fraction of sp³-hybridized carbons (Fsp3) is 0.429. The summed E-state index contributed by atoms with van der Waals surface area (Å²) in [6, 6.07) is 4.13. The lowest BCUT2D eigenvalue weighted by Gasteiger charge is -2.17. The number of nitro benzene ring substituents is 1. The molecule has 124 valence electrons. The summed E-state index contributed by atoms with van der Waals surface area (Å²) in [6.45, 7) is 1.15. The van der Waals surface area contributed by atoms with E-state index < -0.39 is 10.8 Å². The SMILES string of the molecule is COC(=O)C1CC(=O)N(CCNc2ccc([N+](=O)[O-])cc2Cl)C1. The average molecular weight is 342 g/mol. The lowest BCUT2D eigenvalue weighted by atomic mass is 10.1. The number of amides is 1. The third-order valence-corrected chi connectivity index (χ3v) is 3.92. The van der Waals surface area contributed by atoms with Crippen LogP contribution in [0.15, 0.2) is 18.2 Å². The molecule has 0 bridgehead atoms. The van der Waals surface area contributed by atoms with Gasteiger partial charge in [0.1, 0.15) is 0 Å². The monoisotopic (exact) mass is 341 g/mol. The zero-order valence-electron chi connectivity index (χ0n) is 12.5. The standard InChI is InChI=1S/C14H16ClN3O5/c1-23-14(20)9-6-13(19)17(8-9)5-4-16-12-3-2-10(18(21)22)7-11(12)15/h2-3,7,9,16H,4-6,8H2,1H3. The molecule has 1 N–H and O–H groups in total. The number of hydrogen-bond acceptors (Lipinski definition) is 6. The third-order valence-electron chi connectivity index (χ3n) is 3.61. The number of nitrogens with one attached hydrogen (secondary N) is 1. The second-order valence-corrected chi connectivity index (χ2v) is 5.52. The Hall–Kier alpha value is -2.35. The number of halogens is 1. The van der Waals surface area contributed by atoms with Gasteiger partial charge >= 0.3 is 5.97 Å². The molecule has 9 heteroatoms. The Balaban J connectivity index is 1.87. The smallest absolute Gasteiger partial charge is 0.310 e. The van der Waals surface area contributed by atoms with Gasteiger partial charge in [0.25, 0.3) is 5.69 Å². The van der Waals surface area contributed by atoms with Crippen LogP contribution < -0.4 is 5.32 Å². The maximum Gasteiger partial charge on any atom is 0.310 e. The Morgan fingerprint density at radius 2 is 2.30 bits per heavy atom. The number of ether oxygens (including phenoxy) is 1. The van der Waals surface area contributed by atoms with Gasteiger partial charge in [-0.05, 0) is 6.07 Å². The van der Waals surface area contributed by atoms with Crippen LogP contribution in [0.3, 0.4) is 0 Å². The number of hydrogen-bond donors (Lipinski definition) is 1. The van der Waals surface area contributed by atoms with Gasteiger partial charge in [-0.25, -0.2) is 0 Å². The van der Waals surface area contributed by atoms with E-state index in [1.54, 1.807) is 4.90 Å². The predicted molar refractivity (Wildman–Crippen MR) is 83.3 cm³/mol. The minimum absolute atomic E-state index is 0.0869. The molecule has 1 aromatic carbocycles. The highest BCUT2D eigenvalue weighted by Gasteiger charge is 2.34. The summed E-state index contributed by atoms with van der Waals surface area (Å²) in [7, 11) is 1.30. The van der Waals surface area contributed by atoms with Gasteiger partial charge in [0.15, 0.2) is 0 Å². The first-order valence-electron chi connectivity index (χ1n) is 6.95. The minimum Gasteiger partial charge on any atom is -0.469 e. The molecule has 0 aliphatic carbocycles. The fourth-order valence-electron chi connectivity index (χ4n) is 2.40. The van der Waals surface area contributed by atoms with Gasteiger partial charge in [-0.1, -0.05) is 11.6 Å². The number of carbonyl (C=O) groups is 2. The van der Waals surface area contributed by atoms with Crippen molar-refractivity contribution in [3.05, 3.63) is 33.3 Å². The van der Waals surface area contributed by atoms with Gasteiger partial charge < -0.3 is 15.0 Å². The van der Waals surface area contributed by atoms with Gasteiger partial charge in [0.2, 0.25) is 5.91 Å². The Labute approximate surface area is 137 Å². The van der Waals surface area contributed by atoms with E-state index in [0.717, 1.165) is 0 Å². The molecule has 1 aromatic rings. The molecule has 1 unspecified atom stereocenters. The minimum atomic E-state index is -0.522. The number of nitro groups is 1. The predicted octanol–water partition coefficient (Wildman–Crippen LogP) is 1.68. The first-order valence-corrected chi connectivity index (χ1v) is 7.33. The van der Waals surface area contributed by atoms with Crippen molar-refractivity contribution in [2.24, 2.45) is 5.92 Å². The van der Waals surface area contributed by atoms with Gasteiger partial charge in [-0.2, -0.15) is 0 Å². The Morgan fingerprint density at radius 3 is 2.91 bits per heavy atom. The van der Waals surface area contributed by atoms with Crippen LogP contribution >= 0.6 is 11.6 Å². The van der Waals surface area contributed by atoms with Crippen molar-refractivity contribution in [3.8, 4) is 0 Å². The molecule has 1 fully saturated rings. The molecular weight excluding hydrogens is 326 g/mol. The highest BCUT2D eigenvalue weighted by molar-refractivity contribution is 6.33. The van der Waals surface area contributed by atoms with Crippen LogP contribution in [0, 0.1) is 16.0 Å². The van der Waals surface area contributed by atoms with Crippen molar-refractivity contribution in [2.75, 3.05) is 32.1 Å². The van der Waals surface area contributed by atoms with Crippen LogP contribution in [0.1, 0.15) is 6.42 Å². The van der Waals surface area contributed by atoms with Crippen LogP contribution in [-0.4, -0.2) is 48.4 Å². The Bertz CT molecular complexity index is 637. The van der Waals surface area contributed by atoms with E-state index in [2.05, 4.69) is 10.1 Å². The number of non-ortho nitro benzene ring substituents is 1. The van der Waals surface area contributed by atoms with Crippen LogP contribution in [0.2, 0.25) is 5.02 Å². The van der Waals surface area contributed by atoms with E-state index >= 15 is 0 Å². The molecular formula is C14H16ClN3O5. The molecule has 0 saturated carbocycles. The van der Waals surface area contributed by atoms with Crippen LogP contribution in [0.5, 0.6) is 0 Å². The number of esters is 1. The molecule has 2 rings (SSSR count). The van der Waals surface area contributed by atoms with Crippen molar-refractivity contribution in [2.45, 2.75) is 6.42 Å². The number of methoxy groups -OCH3 is 1. The maximum absolute atomic E-state index is 11.8. The molecule has 1 saturated heterocycles. The summed E-state index contributed by atoms with van der Waals surface area (Å²) in [5.74, 6) is -0.903. The first-order chi connectivity index (χ1) is 10.9. The van der Waals surface area contributed by atoms with E-state index in [4.69, 9.17) is 11.6 Å². The van der Waals surface area contributed by atoms with E-state index in [1.165, 1.54) is 25.3 Å². The first kappa shape index (κ1) is 17.0. The van der Waals surface area contributed by atoms with E-state index in [9.17, 15) is 19.7 Å². The quantitative estimate of drug-likeness (QED) is 0.480. The van der Waals surface area contributed by atoms with Crippen molar-refractivity contribution < 1.29 is 19.2 Å². The molecule has 8 nitrogen and oxygen atoms in total. The topological polar surface area (TPSA) is 102 Å². The van der Waals surface area contributed by atoms with Gasteiger partial charge in [0, 0.05) is 38.2 Å². The molecule has 1 heterocycles. The van der Waals surface area contributed by atoms with E-state index in [-0.39, 0.29) is 29.0 Å². The maximum atomic E-state index is 11.8. The molecule has 1 amide bonds. The third kappa shape index (κ3) is 4.10. The van der Waals surface area contributed by atoms with Gasteiger partial charge in [0.05, 0.1) is 28.7 Å². The van der Waals surface area contributed by atoms with Crippen molar-refractivity contribution >= 4 is 34.9 Å². The summed E-state index contributed by atoms with van der Waals surface area (Å²) in [6.07, 6.45) is 0.158. The van der Waals surface area contributed by atoms with Crippen LogP contribution in [-0.2, 0) is 14.3 Å². The van der Waals surface area contributed by atoms with Gasteiger partial charge in [-0.15, -0.1) is 0 Å². The molecule has 1 atom stereocenters. The van der Waals surface area contributed by atoms with E-state index in [1.807, 2.05) is 0 Å².